The lowest BCUT2D eigenvalue weighted by atomic mass is 10.1. The fourth-order valence-electron chi connectivity index (χ4n) is 3.34. The zero-order chi connectivity index (χ0) is 21.8. The number of benzene rings is 3. The van der Waals surface area contributed by atoms with Crippen LogP contribution in [0.25, 0.3) is 11.3 Å². The maximum atomic E-state index is 12.8. The third kappa shape index (κ3) is 4.95. The van der Waals surface area contributed by atoms with Gasteiger partial charge in [0.1, 0.15) is 11.6 Å². The lowest BCUT2D eigenvalue weighted by molar-refractivity contribution is 0.102. The summed E-state index contributed by atoms with van der Waals surface area (Å²) in [6.07, 6.45) is 0. The average molecular weight is 409 g/mol. The maximum Gasteiger partial charge on any atom is 0.255 e. The van der Waals surface area contributed by atoms with Crippen LogP contribution in [0.3, 0.4) is 0 Å². The van der Waals surface area contributed by atoms with E-state index >= 15 is 0 Å². The van der Waals surface area contributed by atoms with E-state index in [0.29, 0.717) is 17.2 Å². The predicted octanol–water partition coefficient (Wildman–Crippen LogP) is 6.06. The molecule has 1 aromatic heterocycles. The van der Waals surface area contributed by atoms with Crippen molar-refractivity contribution < 1.29 is 4.79 Å². The molecule has 5 nitrogen and oxygen atoms in total. The van der Waals surface area contributed by atoms with Gasteiger partial charge in [-0.25, -0.2) is 9.97 Å². The smallest absolute Gasteiger partial charge is 0.255 e. The van der Waals surface area contributed by atoms with Crippen LogP contribution in [0.1, 0.15) is 27.3 Å². The molecule has 0 spiro atoms. The van der Waals surface area contributed by atoms with Crippen molar-refractivity contribution in [1.82, 2.24) is 9.97 Å². The minimum Gasteiger partial charge on any atom is -0.340 e. The summed E-state index contributed by atoms with van der Waals surface area (Å²) in [5, 5.41) is 6.31. The summed E-state index contributed by atoms with van der Waals surface area (Å²) in [5.74, 6) is 1.20. The summed E-state index contributed by atoms with van der Waals surface area (Å²) in [6.45, 7) is 5.85. The molecule has 0 bridgehead atoms. The van der Waals surface area contributed by atoms with Gasteiger partial charge in [0.05, 0.1) is 5.69 Å². The van der Waals surface area contributed by atoms with Gasteiger partial charge in [0, 0.05) is 28.6 Å². The SMILES string of the molecule is Cc1ccc(C)c(NC(=O)c2cccc(Nc3cc(-c4ccccc4)nc(C)n3)c2)c1. The highest BCUT2D eigenvalue weighted by Crippen LogP contribution is 2.23. The predicted molar refractivity (Wildman–Crippen MR) is 126 cm³/mol. The Balaban J connectivity index is 1.56. The molecule has 1 heterocycles. The second kappa shape index (κ2) is 8.79. The van der Waals surface area contributed by atoms with Gasteiger partial charge in [0.2, 0.25) is 0 Å². The first-order chi connectivity index (χ1) is 15.0. The number of hydrogen-bond donors (Lipinski definition) is 2. The highest BCUT2D eigenvalue weighted by Gasteiger charge is 2.10. The number of nitrogens with zero attached hydrogens (tertiary/aromatic N) is 2. The van der Waals surface area contributed by atoms with Crippen LogP contribution in [0, 0.1) is 20.8 Å². The van der Waals surface area contributed by atoms with E-state index in [9.17, 15) is 4.79 Å². The topological polar surface area (TPSA) is 66.9 Å². The van der Waals surface area contributed by atoms with E-state index in [1.807, 2.05) is 93.6 Å². The molecule has 4 aromatic rings. The number of aryl methyl sites for hydroxylation is 3. The van der Waals surface area contributed by atoms with Crippen LogP contribution in [-0.4, -0.2) is 15.9 Å². The standard InChI is InChI=1S/C26H24N4O/c1-17-12-13-18(2)23(14-17)30-26(31)21-10-7-11-22(15-21)29-25-16-24(27-19(3)28-25)20-8-5-4-6-9-20/h4-16H,1-3H3,(H,30,31)(H,27,28,29). The molecule has 5 heteroatoms. The van der Waals surface area contributed by atoms with Crippen LogP contribution >= 0.6 is 0 Å². The van der Waals surface area contributed by atoms with Gasteiger partial charge in [0.25, 0.3) is 5.91 Å². The van der Waals surface area contributed by atoms with Gasteiger partial charge in [-0.05, 0) is 56.2 Å². The van der Waals surface area contributed by atoms with Crippen LogP contribution in [0.15, 0.2) is 78.9 Å². The molecule has 0 radical (unpaired) electrons. The largest absolute Gasteiger partial charge is 0.340 e. The number of anilines is 3. The van der Waals surface area contributed by atoms with Gasteiger partial charge in [-0.1, -0.05) is 48.5 Å². The van der Waals surface area contributed by atoms with Crippen molar-refractivity contribution in [3.05, 3.63) is 101 Å². The van der Waals surface area contributed by atoms with E-state index in [0.717, 1.165) is 33.8 Å². The number of carbonyl (C=O) groups is 1. The lowest BCUT2D eigenvalue weighted by Gasteiger charge is -2.12. The monoisotopic (exact) mass is 408 g/mol. The Morgan fingerprint density at radius 2 is 1.61 bits per heavy atom. The third-order valence-corrected chi connectivity index (χ3v) is 4.95. The molecule has 0 fully saturated rings. The number of aromatic nitrogens is 2. The average Bonchev–Trinajstić information content (AvgIpc) is 2.76. The van der Waals surface area contributed by atoms with E-state index < -0.39 is 0 Å². The summed E-state index contributed by atoms with van der Waals surface area (Å²) >= 11 is 0. The first kappa shape index (κ1) is 20.3. The normalized spacial score (nSPS) is 10.5. The minimum atomic E-state index is -0.152. The Bertz CT molecular complexity index is 1240. The Morgan fingerprint density at radius 1 is 0.806 bits per heavy atom. The van der Waals surface area contributed by atoms with Crippen molar-refractivity contribution >= 4 is 23.1 Å². The Hall–Kier alpha value is -3.99. The summed E-state index contributed by atoms with van der Waals surface area (Å²) in [7, 11) is 0. The third-order valence-electron chi connectivity index (χ3n) is 4.95. The molecule has 0 aliphatic heterocycles. The highest BCUT2D eigenvalue weighted by molar-refractivity contribution is 6.05. The van der Waals surface area contributed by atoms with Gasteiger partial charge in [-0.2, -0.15) is 0 Å². The van der Waals surface area contributed by atoms with E-state index in [4.69, 9.17) is 0 Å². The summed E-state index contributed by atoms with van der Waals surface area (Å²) in [6, 6.07) is 25.3. The van der Waals surface area contributed by atoms with Gasteiger partial charge in [-0.3, -0.25) is 4.79 Å². The number of hydrogen-bond acceptors (Lipinski definition) is 4. The summed E-state index contributed by atoms with van der Waals surface area (Å²) in [4.78, 5) is 21.8. The van der Waals surface area contributed by atoms with Crippen LogP contribution in [0.2, 0.25) is 0 Å². The molecular formula is C26H24N4O. The zero-order valence-corrected chi connectivity index (χ0v) is 17.8. The van der Waals surface area contributed by atoms with Crippen molar-refractivity contribution in [3.63, 3.8) is 0 Å². The molecule has 3 aromatic carbocycles. The molecular weight excluding hydrogens is 384 g/mol. The van der Waals surface area contributed by atoms with Crippen molar-refractivity contribution in [2.75, 3.05) is 10.6 Å². The first-order valence-corrected chi connectivity index (χ1v) is 10.1. The van der Waals surface area contributed by atoms with Gasteiger partial charge in [-0.15, -0.1) is 0 Å². The lowest BCUT2D eigenvalue weighted by Crippen LogP contribution is -2.13. The Labute approximate surface area is 182 Å². The molecule has 0 aliphatic carbocycles. The second-order valence-corrected chi connectivity index (χ2v) is 7.53. The van der Waals surface area contributed by atoms with Crippen molar-refractivity contribution in [3.8, 4) is 11.3 Å². The van der Waals surface area contributed by atoms with Crippen LogP contribution in [0.5, 0.6) is 0 Å². The number of nitrogens with one attached hydrogen (secondary N) is 2. The molecule has 0 aliphatic rings. The molecule has 154 valence electrons. The molecule has 4 rings (SSSR count). The summed E-state index contributed by atoms with van der Waals surface area (Å²) < 4.78 is 0. The number of amides is 1. The molecule has 0 saturated carbocycles. The van der Waals surface area contributed by atoms with E-state index in [1.54, 1.807) is 6.07 Å². The minimum absolute atomic E-state index is 0.152. The van der Waals surface area contributed by atoms with E-state index in [-0.39, 0.29) is 5.91 Å². The van der Waals surface area contributed by atoms with Gasteiger partial charge in [0.15, 0.2) is 0 Å². The van der Waals surface area contributed by atoms with Gasteiger partial charge >= 0.3 is 0 Å². The molecule has 0 unspecified atom stereocenters. The quantitative estimate of drug-likeness (QED) is 0.421. The van der Waals surface area contributed by atoms with Crippen LogP contribution in [0.4, 0.5) is 17.2 Å². The molecule has 0 saturated heterocycles. The number of carbonyl (C=O) groups excluding carboxylic acids is 1. The Morgan fingerprint density at radius 3 is 2.42 bits per heavy atom. The van der Waals surface area contributed by atoms with Crippen molar-refractivity contribution in [2.45, 2.75) is 20.8 Å². The highest BCUT2D eigenvalue weighted by atomic mass is 16.1. The molecule has 1 amide bonds. The first-order valence-electron chi connectivity index (χ1n) is 10.1. The Kier molecular flexibility index (Phi) is 5.76. The molecule has 0 atom stereocenters. The van der Waals surface area contributed by atoms with E-state index in [1.165, 1.54) is 0 Å². The molecule has 2 N–H and O–H groups in total. The van der Waals surface area contributed by atoms with Crippen molar-refractivity contribution in [1.29, 1.82) is 0 Å². The fraction of sp³-hybridized carbons (Fsp3) is 0.115. The van der Waals surface area contributed by atoms with Crippen LogP contribution in [-0.2, 0) is 0 Å². The number of rotatable bonds is 5. The van der Waals surface area contributed by atoms with E-state index in [2.05, 4.69) is 20.6 Å². The molecule has 31 heavy (non-hydrogen) atoms. The van der Waals surface area contributed by atoms with Gasteiger partial charge < -0.3 is 10.6 Å². The van der Waals surface area contributed by atoms with Crippen LogP contribution < -0.4 is 10.6 Å². The van der Waals surface area contributed by atoms with Crippen molar-refractivity contribution in [2.24, 2.45) is 0 Å². The maximum absolute atomic E-state index is 12.8. The second-order valence-electron chi connectivity index (χ2n) is 7.53. The zero-order valence-electron chi connectivity index (χ0n) is 17.8. The fourth-order valence-corrected chi connectivity index (χ4v) is 3.34. The summed E-state index contributed by atoms with van der Waals surface area (Å²) in [5.41, 5.74) is 6.17.